The molecule has 0 spiro atoms. The zero-order valence-electron chi connectivity index (χ0n) is 16.6. The van der Waals surface area contributed by atoms with E-state index in [1.165, 1.54) is 30.8 Å². The van der Waals surface area contributed by atoms with E-state index in [9.17, 15) is 4.79 Å². The normalized spacial score (nSPS) is 20.1. The van der Waals surface area contributed by atoms with Gasteiger partial charge in [0.15, 0.2) is 5.69 Å². The van der Waals surface area contributed by atoms with Crippen LogP contribution in [-0.2, 0) is 13.6 Å². The highest BCUT2D eigenvalue weighted by atomic mass is 16.2. The van der Waals surface area contributed by atoms with E-state index in [0.717, 1.165) is 37.0 Å². The van der Waals surface area contributed by atoms with E-state index in [2.05, 4.69) is 21.6 Å². The van der Waals surface area contributed by atoms with E-state index in [0.29, 0.717) is 17.5 Å². The zero-order valence-corrected chi connectivity index (χ0v) is 16.6. The van der Waals surface area contributed by atoms with E-state index in [-0.39, 0.29) is 5.91 Å². The Kier molecular flexibility index (Phi) is 4.22. The summed E-state index contributed by atoms with van der Waals surface area (Å²) in [5.41, 5.74) is 2.82. The Balaban J connectivity index is 1.32. The zero-order chi connectivity index (χ0) is 19.3. The van der Waals surface area contributed by atoms with Crippen molar-refractivity contribution in [2.75, 3.05) is 13.1 Å². The van der Waals surface area contributed by atoms with E-state index in [4.69, 9.17) is 0 Å². The molecule has 6 nitrogen and oxygen atoms in total. The largest absolute Gasteiger partial charge is 0.337 e. The molecule has 0 radical (unpaired) electrons. The number of likely N-dealkylation sites (tertiary alicyclic amines) is 1. The third-order valence-corrected chi connectivity index (χ3v) is 6.53. The van der Waals surface area contributed by atoms with Gasteiger partial charge in [0.2, 0.25) is 0 Å². The van der Waals surface area contributed by atoms with Crippen molar-refractivity contribution < 1.29 is 4.79 Å². The minimum Gasteiger partial charge on any atom is -0.337 e. The molecule has 1 aliphatic carbocycles. The summed E-state index contributed by atoms with van der Waals surface area (Å²) in [7, 11) is 1.90. The average Bonchev–Trinajstić information content (AvgIpc) is 3.35. The summed E-state index contributed by atoms with van der Waals surface area (Å²) >= 11 is 0. The minimum absolute atomic E-state index is 0.0564. The molecule has 3 heterocycles. The molecule has 0 bridgehead atoms. The summed E-state index contributed by atoms with van der Waals surface area (Å²) in [5, 5.41) is 5.46. The molecule has 1 saturated carbocycles. The summed E-state index contributed by atoms with van der Waals surface area (Å²) in [4.78, 5) is 19.8. The molecule has 1 saturated heterocycles. The molecule has 2 aromatic heterocycles. The predicted molar refractivity (Wildman–Crippen MR) is 108 cm³/mol. The molecule has 6 heteroatoms. The van der Waals surface area contributed by atoms with Crippen molar-refractivity contribution in [3.63, 3.8) is 0 Å². The summed E-state index contributed by atoms with van der Waals surface area (Å²) in [6, 6.07) is 7.95. The van der Waals surface area contributed by atoms with Crippen LogP contribution in [0.4, 0.5) is 0 Å². The van der Waals surface area contributed by atoms with Crippen LogP contribution in [0.25, 0.3) is 10.9 Å². The topological polar surface area (TPSA) is 56.0 Å². The number of benzene rings is 1. The lowest BCUT2D eigenvalue weighted by atomic mass is 9.84. The van der Waals surface area contributed by atoms with Crippen molar-refractivity contribution in [1.29, 1.82) is 0 Å². The molecule has 2 fully saturated rings. The number of hydrogen-bond acceptors (Lipinski definition) is 3. The maximum Gasteiger partial charge on any atom is 0.275 e. The fraction of sp³-hybridized carbons (Fsp3) is 0.500. The van der Waals surface area contributed by atoms with E-state index < -0.39 is 0 Å². The number of fused-ring (bicyclic) bond motifs is 1. The van der Waals surface area contributed by atoms with Crippen LogP contribution in [0.3, 0.4) is 0 Å². The molecule has 1 aliphatic heterocycles. The first-order valence-corrected chi connectivity index (χ1v) is 10.3. The Morgan fingerprint density at radius 1 is 1.21 bits per heavy atom. The maximum atomic E-state index is 13.2. The monoisotopic (exact) mass is 377 g/mol. The van der Waals surface area contributed by atoms with Crippen LogP contribution in [0.5, 0.6) is 0 Å². The van der Waals surface area contributed by atoms with Gasteiger partial charge in [-0.3, -0.25) is 9.48 Å². The predicted octanol–water partition coefficient (Wildman–Crippen LogP) is 3.51. The fourth-order valence-corrected chi connectivity index (χ4v) is 4.66. The number of para-hydroxylation sites is 1. The minimum atomic E-state index is 0.0564. The van der Waals surface area contributed by atoms with Gasteiger partial charge in [0, 0.05) is 49.9 Å². The number of amides is 1. The smallest absolute Gasteiger partial charge is 0.275 e. The van der Waals surface area contributed by atoms with Crippen molar-refractivity contribution >= 4 is 16.8 Å². The first kappa shape index (κ1) is 17.5. The van der Waals surface area contributed by atoms with E-state index >= 15 is 0 Å². The number of carbonyl (C=O) groups is 1. The second-order valence-corrected chi connectivity index (χ2v) is 8.39. The van der Waals surface area contributed by atoms with Crippen molar-refractivity contribution in [2.45, 2.75) is 45.1 Å². The van der Waals surface area contributed by atoms with Crippen molar-refractivity contribution in [3.8, 4) is 0 Å². The lowest BCUT2D eigenvalue weighted by Crippen LogP contribution is -2.30. The Bertz CT molecular complexity index is 1030. The van der Waals surface area contributed by atoms with Crippen LogP contribution in [0.2, 0.25) is 0 Å². The van der Waals surface area contributed by atoms with Gasteiger partial charge >= 0.3 is 0 Å². The Labute approximate surface area is 165 Å². The summed E-state index contributed by atoms with van der Waals surface area (Å²) in [6.07, 6.45) is 6.89. The van der Waals surface area contributed by atoms with Gasteiger partial charge in [0.25, 0.3) is 5.91 Å². The first-order chi connectivity index (χ1) is 13.6. The number of aryl methyl sites for hydroxylation is 2. The van der Waals surface area contributed by atoms with Crippen LogP contribution in [0.1, 0.15) is 53.6 Å². The number of hydrogen-bond donors (Lipinski definition) is 0. The number of imidazole rings is 1. The second kappa shape index (κ2) is 6.76. The Morgan fingerprint density at radius 2 is 2.04 bits per heavy atom. The third-order valence-electron chi connectivity index (χ3n) is 6.53. The quantitative estimate of drug-likeness (QED) is 0.699. The number of aromatic nitrogens is 4. The van der Waals surface area contributed by atoms with Gasteiger partial charge in [0.05, 0.1) is 5.52 Å². The van der Waals surface area contributed by atoms with Crippen LogP contribution < -0.4 is 0 Å². The SMILES string of the molecule is Cc1cnc(C2CCC2)n1CC1CCN(C(=O)c2nn(C)c3ccccc23)C1. The maximum absolute atomic E-state index is 13.2. The van der Waals surface area contributed by atoms with Crippen molar-refractivity contribution in [1.82, 2.24) is 24.2 Å². The molecule has 5 rings (SSSR count). The van der Waals surface area contributed by atoms with E-state index in [1.807, 2.05) is 42.4 Å². The van der Waals surface area contributed by atoms with Gasteiger partial charge in [-0.1, -0.05) is 24.6 Å². The summed E-state index contributed by atoms with van der Waals surface area (Å²) in [5.74, 6) is 2.42. The molecule has 28 heavy (non-hydrogen) atoms. The fourth-order valence-electron chi connectivity index (χ4n) is 4.66. The molecule has 1 atom stereocenters. The lowest BCUT2D eigenvalue weighted by molar-refractivity contribution is 0.0781. The first-order valence-electron chi connectivity index (χ1n) is 10.3. The molecule has 0 N–H and O–H groups in total. The Morgan fingerprint density at radius 3 is 2.82 bits per heavy atom. The lowest BCUT2D eigenvalue weighted by Gasteiger charge is -2.27. The van der Waals surface area contributed by atoms with Crippen LogP contribution >= 0.6 is 0 Å². The molecule has 1 unspecified atom stereocenters. The molecule has 3 aromatic rings. The van der Waals surface area contributed by atoms with E-state index in [1.54, 1.807) is 4.68 Å². The number of nitrogens with zero attached hydrogens (tertiary/aromatic N) is 5. The number of rotatable bonds is 4. The molecular formula is C22H27N5O. The molecule has 1 amide bonds. The van der Waals surface area contributed by atoms with Crippen LogP contribution in [-0.4, -0.2) is 43.2 Å². The third kappa shape index (κ3) is 2.82. The van der Waals surface area contributed by atoms with Gasteiger partial charge in [-0.2, -0.15) is 5.10 Å². The highest BCUT2D eigenvalue weighted by molar-refractivity contribution is 6.04. The van der Waals surface area contributed by atoms with Gasteiger partial charge < -0.3 is 9.47 Å². The second-order valence-electron chi connectivity index (χ2n) is 8.39. The van der Waals surface area contributed by atoms with Gasteiger partial charge in [0.1, 0.15) is 5.82 Å². The van der Waals surface area contributed by atoms with Gasteiger partial charge in [-0.05, 0) is 38.2 Å². The number of carbonyl (C=O) groups excluding carboxylic acids is 1. The summed E-state index contributed by atoms with van der Waals surface area (Å²) < 4.78 is 4.20. The standard InChI is InChI=1S/C22H27N5O/c1-15-12-23-21(17-6-5-7-17)27(15)14-16-10-11-26(13-16)22(28)20-18-8-3-4-9-19(18)25(2)24-20/h3-4,8-9,12,16-17H,5-7,10-11,13-14H2,1-2H3. The average molecular weight is 377 g/mol. The molecule has 2 aliphatic rings. The highest BCUT2D eigenvalue weighted by Crippen LogP contribution is 2.36. The van der Waals surface area contributed by atoms with Crippen LogP contribution in [0, 0.1) is 12.8 Å². The van der Waals surface area contributed by atoms with Crippen LogP contribution in [0.15, 0.2) is 30.5 Å². The Hall–Kier alpha value is -2.63. The molecule has 146 valence electrons. The summed E-state index contributed by atoms with van der Waals surface area (Å²) in [6.45, 7) is 4.71. The molecule has 1 aromatic carbocycles. The molecular weight excluding hydrogens is 350 g/mol. The van der Waals surface area contributed by atoms with Gasteiger partial charge in [-0.15, -0.1) is 0 Å². The highest BCUT2D eigenvalue weighted by Gasteiger charge is 2.31. The van der Waals surface area contributed by atoms with Gasteiger partial charge in [-0.25, -0.2) is 4.98 Å². The van der Waals surface area contributed by atoms with Crippen molar-refractivity contribution in [3.05, 3.63) is 47.7 Å². The van der Waals surface area contributed by atoms with Crippen molar-refractivity contribution in [2.24, 2.45) is 13.0 Å².